The lowest BCUT2D eigenvalue weighted by Crippen LogP contribution is -2.23. The summed E-state index contributed by atoms with van der Waals surface area (Å²) in [7, 11) is 0. The number of aryl methyl sites for hydroxylation is 1. The lowest BCUT2D eigenvalue weighted by Gasteiger charge is -2.13. The molecular weight excluding hydrogens is 224 g/mol. The average molecular weight is 246 g/mol. The molecule has 0 amide bonds. The van der Waals surface area contributed by atoms with Crippen molar-refractivity contribution in [3.8, 4) is 0 Å². The van der Waals surface area contributed by atoms with Crippen molar-refractivity contribution < 1.29 is 0 Å². The van der Waals surface area contributed by atoms with Crippen LogP contribution >= 0.6 is 0 Å². The van der Waals surface area contributed by atoms with Crippen molar-refractivity contribution in [1.29, 1.82) is 0 Å². The summed E-state index contributed by atoms with van der Waals surface area (Å²) in [6.45, 7) is 9.23. The van der Waals surface area contributed by atoms with Gasteiger partial charge in [0.25, 0.3) is 0 Å². The van der Waals surface area contributed by atoms with Gasteiger partial charge in [0.05, 0.1) is 18.6 Å². The molecule has 0 spiro atoms. The van der Waals surface area contributed by atoms with Gasteiger partial charge in [-0.1, -0.05) is 13.8 Å². The molecule has 0 aliphatic rings. The van der Waals surface area contributed by atoms with Gasteiger partial charge in [-0.2, -0.15) is 0 Å². The zero-order valence-corrected chi connectivity index (χ0v) is 11.4. The molecule has 0 radical (unpaired) electrons. The van der Waals surface area contributed by atoms with E-state index in [1.807, 2.05) is 12.5 Å². The molecule has 0 fully saturated rings. The van der Waals surface area contributed by atoms with E-state index in [0.717, 1.165) is 19.6 Å². The molecule has 4 heteroatoms. The van der Waals surface area contributed by atoms with Crippen LogP contribution in [0, 0.1) is 0 Å². The molecule has 2 aromatic rings. The smallest absolute Gasteiger partial charge is 0.0948 e. The summed E-state index contributed by atoms with van der Waals surface area (Å²) in [5.74, 6) is 0. The van der Waals surface area contributed by atoms with Crippen molar-refractivity contribution in [2.45, 2.75) is 46.4 Å². The molecule has 0 saturated heterocycles. The monoisotopic (exact) mass is 246 g/mol. The van der Waals surface area contributed by atoms with Gasteiger partial charge >= 0.3 is 0 Å². The largest absolute Gasteiger partial charge is 0.344 e. The van der Waals surface area contributed by atoms with Crippen LogP contribution in [0.15, 0.2) is 30.9 Å². The number of aromatic nitrogens is 3. The Morgan fingerprint density at radius 1 is 1.28 bits per heavy atom. The van der Waals surface area contributed by atoms with Crippen molar-refractivity contribution in [3.05, 3.63) is 42.2 Å². The number of nitrogens with zero attached hydrogens (tertiary/aromatic N) is 3. The summed E-state index contributed by atoms with van der Waals surface area (Å²) in [6, 6.07) is 4.78. The minimum Gasteiger partial charge on any atom is -0.344 e. The highest BCUT2D eigenvalue weighted by Gasteiger charge is 2.05. The van der Waals surface area contributed by atoms with Crippen LogP contribution in [0.5, 0.6) is 0 Å². The molecule has 4 nitrogen and oxygen atoms in total. The van der Waals surface area contributed by atoms with Crippen LogP contribution in [0.1, 0.15) is 32.2 Å². The van der Waals surface area contributed by atoms with E-state index in [9.17, 15) is 0 Å². The summed E-state index contributed by atoms with van der Waals surface area (Å²) in [5, 5.41) is 3.45. The maximum absolute atomic E-state index is 4.21. The highest BCUT2D eigenvalue weighted by Crippen LogP contribution is 2.08. The van der Waals surface area contributed by atoms with Gasteiger partial charge in [-0.15, -0.1) is 0 Å². The summed E-state index contributed by atoms with van der Waals surface area (Å²) in [5.41, 5.74) is 2.56. The summed E-state index contributed by atoms with van der Waals surface area (Å²) >= 11 is 0. The van der Waals surface area contributed by atoms with E-state index in [1.165, 1.54) is 11.4 Å². The normalized spacial score (nSPS) is 11.3. The third-order valence-electron chi connectivity index (χ3n) is 3.09. The van der Waals surface area contributed by atoms with Gasteiger partial charge in [0.1, 0.15) is 0 Å². The highest BCUT2D eigenvalue weighted by molar-refractivity contribution is 5.10. The van der Waals surface area contributed by atoms with Gasteiger partial charge in [-0.3, -0.25) is 0 Å². The first-order valence-electron chi connectivity index (χ1n) is 6.57. The Hall–Kier alpha value is -1.55. The minimum absolute atomic E-state index is 0.509. The van der Waals surface area contributed by atoms with Crippen molar-refractivity contribution in [1.82, 2.24) is 19.4 Å². The van der Waals surface area contributed by atoms with Crippen LogP contribution in [-0.4, -0.2) is 20.2 Å². The Kier molecular flexibility index (Phi) is 4.20. The zero-order chi connectivity index (χ0) is 13.0. The van der Waals surface area contributed by atoms with Gasteiger partial charge in [0.2, 0.25) is 0 Å². The maximum Gasteiger partial charge on any atom is 0.0948 e. The topological polar surface area (TPSA) is 34.8 Å². The van der Waals surface area contributed by atoms with Crippen LogP contribution in [-0.2, 0) is 19.6 Å². The maximum atomic E-state index is 4.21. The SMILES string of the molecule is CCn1cncc1Cn1cccc1CNC(C)C. The second-order valence-electron chi connectivity index (χ2n) is 4.83. The van der Waals surface area contributed by atoms with Crippen LogP contribution in [0.3, 0.4) is 0 Å². The molecule has 1 N–H and O–H groups in total. The fraction of sp³-hybridized carbons (Fsp3) is 0.500. The van der Waals surface area contributed by atoms with Gasteiger partial charge in [-0.05, 0) is 19.1 Å². The molecule has 0 saturated carbocycles. The average Bonchev–Trinajstić information content (AvgIpc) is 2.96. The molecule has 98 valence electrons. The Labute approximate surface area is 109 Å². The Morgan fingerprint density at radius 3 is 2.83 bits per heavy atom. The third-order valence-corrected chi connectivity index (χ3v) is 3.09. The Balaban J connectivity index is 2.07. The highest BCUT2D eigenvalue weighted by atomic mass is 15.1. The third kappa shape index (κ3) is 3.01. The van der Waals surface area contributed by atoms with E-state index in [1.54, 1.807) is 0 Å². The van der Waals surface area contributed by atoms with Crippen LogP contribution in [0.25, 0.3) is 0 Å². The van der Waals surface area contributed by atoms with Crippen LogP contribution in [0.2, 0.25) is 0 Å². The molecule has 0 bridgehead atoms. The summed E-state index contributed by atoms with van der Waals surface area (Å²) < 4.78 is 4.46. The molecule has 0 atom stereocenters. The Morgan fingerprint density at radius 2 is 2.11 bits per heavy atom. The standard InChI is InChI=1S/C14H22N4/c1-4-17-11-15-8-14(17)10-18-7-5-6-13(18)9-16-12(2)3/h5-8,11-12,16H,4,9-10H2,1-3H3. The number of imidazole rings is 1. The lowest BCUT2D eigenvalue weighted by atomic mass is 10.3. The second-order valence-corrected chi connectivity index (χ2v) is 4.83. The molecule has 2 heterocycles. The van der Waals surface area contributed by atoms with E-state index in [-0.39, 0.29) is 0 Å². The van der Waals surface area contributed by atoms with E-state index < -0.39 is 0 Å². The van der Waals surface area contributed by atoms with E-state index >= 15 is 0 Å². The lowest BCUT2D eigenvalue weighted by molar-refractivity contribution is 0.559. The predicted molar refractivity (Wildman–Crippen MR) is 73.4 cm³/mol. The zero-order valence-electron chi connectivity index (χ0n) is 11.4. The minimum atomic E-state index is 0.509. The van der Waals surface area contributed by atoms with Gasteiger partial charge in [0, 0.05) is 37.2 Å². The fourth-order valence-electron chi connectivity index (χ4n) is 2.01. The predicted octanol–water partition coefficient (Wildman–Crippen LogP) is 2.25. The molecule has 0 aromatic carbocycles. The summed E-state index contributed by atoms with van der Waals surface area (Å²) in [4.78, 5) is 4.21. The van der Waals surface area contributed by atoms with E-state index in [0.29, 0.717) is 6.04 Å². The number of rotatable bonds is 6. The van der Waals surface area contributed by atoms with E-state index in [4.69, 9.17) is 0 Å². The fourth-order valence-corrected chi connectivity index (χ4v) is 2.01. The van der Waals surface area contributed by atoms with Crippen LogP contribution < -0.4 is 5.32 Å². The molecular formula is C14H22N4. The molecule has 2 aromatic heterocycles. The Bertz CT molecular complexity index is 481. The molecule has 2 rings (SSSR count). The molecule has 0 aliphatic carbocycles. The van der Waals surface area contributed by atoms with Gasteiger partial charge in [-0.25, -0.2) is 4.98 Å². The van der Waals surface area contributed by atoms with E-state index in [2.05, 4.69) is 58.5 Å². The molecule has 0 aliphatic heterocycles. The van der Waals surface area contributed by atoms with Gasteiger partial charge < -0.3 is 14.5 Å². The molecule has 0 unspecified atom stereocenters. The van der Waals surface area contributed by atoms with Crippen molar-refractivity contribution in [2.24, 2.45) is 0 Å². The first kappa shape index (κ1) is 12.9. The van der Waals surface area contributed by atoms with Gasteiger partial charge in [0.15, 0.2) is 0 Å². The number of hydrogen-bond donors (Lipinski definition) is 1. The second kappa shape index (κ2) is 5.87. The van der Waals surface area contributed by atoms with Crippen molar-refractivity contribution in [2.75, 3.05) is 0 Å². The number of hydrogen-bond acceptors (Lipinski definition) is 2. The first-order valence-corrected chi connectivity index (χ1v) is 6.57. The molecule has 18 heavy (non-hydrogen) atoms. The summed E-state index contributed by atoms with van der Waals surface area (Å²) in [6.07, 6.45) is 5.97. The van der Waals surface area contributed by atoms with Crippen LogP contribution in [0.4, 0.5) is 0 Å². The quantitative estimate of drug-likeness (QED) is 0.848. The van der Waals surface area contributed by atoms with Crippen molar-refractivity contribution >= 4 is 0 Å². The first-order chi connectivity index (χ1) is 8.70. The number of nitrogens with one attached hydrogen (secondary N) is 1. The van der Waals surface area contributed by atoms with Crippen molar-refractivity contribution in [3.63, 3.8) is 0 Å².